The highest BCUT2D eigenvalue weighted by Crippen LogP contribution is 2.14. The Labute approximate surface area is 58.6 Å². The third-order valence-corrected chi connectivity index (χ3v) is 2.93. The molecular weight excluding hydrogens is 224 g/mol. The van der Waals surface area contributed by atoms with Gasteiger partial charge in [-0.25, -0.2) is 0 Å². The van der Waals surface area contributed by atoms with Gasteiger partial charge in [0, 0.05) is 0 Å². The third-order valence-electron chi connectivity index (χ3n) is 0.692. The molecule has 1 heterocycles. The highest BCUT2D eigenvalue weighted by Gasteiger charge is 2.15. The molecule has 0 radical (unpaired) electrons. The normalized spacial score (nSPS) is 38.6. The molecule has 0 aromatic heterocycles. The SMILES string of the molecule is BrC1N=CNC1Br. The van der Waals surface area contributed by atoms with Gasteiger partial charge in [-0.1, -0.05) is 31.9 Å². The summed E-state index contributed by atoms with van der Waals surface area (Å²) < 4.78 is 0. The van der Waals surface area contributed by atoms with Crippen LogP contribution in [0, 0.1) is 0 Å². The molecule has 7 heavy (non-hydrogen) atoms. The van der Waals surface area contributed by atoms with Crippen molar-refractivity contribution in [2.24, 2.45) is 4.99 Å². The van der Waals surface area contributed by atoms with Gasteiger partial charge in [-0.3, -0.25) is 4.99 Å². The zero-order valence-electron chi connectivity index (χ0n) is 3.44. The molecule has 2 atom stereocenters. The molecule has 2 nitrogen and oxygen atoms in total. The van der Waals surface area contributed by atoms with Gasteiger partial charge in [0.15, 0.2) is 0 Å². The number of hydrogen-bond acceptors (Lipinski definition) is 2. The van der Waals surface area contributed by atoms with Gasteiger partial charge in [0.25, 0.3) is 0 Å². The fraction of sp³-hybridized carbons (Fsp3) is 0.667. The molecule has 4 heteroatoms. The van der Waals surface area contributed by atoms with Crippen LogP contribution < -0.4 is 5.32 Å². The van der Waals surface area contributed by atoms with E-state index >= 15 is 0 Å². The number of hydrogen-bond donors (Lipinski definition) is 1. The first kappa shape index (κ1) is 5.56. The molecule has 0 aliphatic carbocycles. The minimum atomic E-state index is 0.201. The molecule has 0 saturated carbocycles. The van der Waals surface area contributed by atoms with Crippen LogP contribution >= 0.6 is 31.9 Å². The Morgan fingerprint density at radius 2 is 2.29 bits per heavy atom. The molecule has 0 spiro atoms. The molecule has 1 aliphatic heterocycles. The van der Waals surface area contributed by atoms with Crippen molar-refractivity contribution in [2.75, 3.05) is 0 Å². The van der Waals surface area contributed by atoms with Crippen molar-refractivity contribution in [3.8, 4) is 0 Å². The van der Waals surface area contributed by atoms with Crippen molar-refractivity contribution in [1.82, 2.24) is 5.32 Å². The summed E-state index contributed by atoms with van der Waals surface area (Å²) in [4.78, 5) is 4.42. The number of aliphatic imine (C=N–C) groups is 1. The fourth-order valence-electron chi connectivity index (χ4n) is 0.340. The maximum atomic E-state index is 3.95. The predicted molar refractivity (Wildman–Crippen MR) is 37.1 cm³/mol. The topological polar surface area (TPSA) is 24.4 Å². The molecule has 0 amide bonds. The predicted octanol–water partition coefficient (Wildman–Crippen LogP) is 1.06. The van der Waals surface area contributed by atoms with E-state index in [-0.39, 0.29) is 9.90 Å². The Bertz CT molecular complexity index is 92.9. The van der Waals surface area contributed by atoms with E-state index in [0.717, 1.165) is 0 Å². The molecule has 0 bridgehead atoms. The third kappa shape index (κ3) is 1.16. The molecule has 0 aromatic carbocycles. The van der Waals surface area contributed by atoms with Crippen molar-refractivity contribution >= 4 is 38.2 Å². The summed E-state index contributed by atoms with van der Waals surface area (Å²) in [7, 11) is 0. The minimum Gasteiger partial charge on any atom is -0.361 e. The molecule has 40 valence electrons. The van der Waals surface area contributed by atoms with Gasteiger partial charge in [0.05, 0.1) is 6.34 Å². The lowest BCUT2D eigenvalue weighted by Crippen LogP contribution is -2.20. The van der Waals surface area contributed by atoms with Crippen LogP contribution in [-0.2, 0) is 0 Å². The molecular formula is C3H4Br2N2. The van der Waals surface area contributed by atoms with Crippen LogP contribution in [0.4, 0.5) is 0 Å². The molecule has 1 rings (SSSR count). The van der Waals surface area contributed by atoms with Crippen LogP contribution in [0.2, 0.25) is 0 Å². The Morgan fingerprint density at radius 3 is 2.43 bits per heavy atom. The van der Waals surface area contributed by atoms with Gasteiger partial charge >= 0.3 is 0 Å². The quantitative estimate of drug-likeness (QED) is 0.486. The van der Waals surface area contributed by atoms with Crippen LogP contribution in [-0.4, -0.2) is 16.2 Å². The van der Waals surface area contributed by atoms with Crippen LogP contribution in [0.5, 0.6) is 0 Å². The number of nitrogens with zero attached hydrogens (tertiary/aromatic N) is 1. The standard InChI is InChI=1S/C3H4Br2N2/c4-2-3(5)7-1-6-2/h1-3H,(H,6,7). The summed E-state index contributed by atoms with van der Waals surface area (Å²) in [5.41, 5.74) is 0. The van der Waals surface area contributed by atoms with Crippen LogP contribution in [0.25, 0.3) is 0 Å². The van der Waals surface area contributed by atoms with Crippen molar-refractivity contribution in [2.45, 2.75) is 9.90 Å². The van der Waals surface area contributed by atoms with Crippen LogP contribution in [0.15, 0.2) is 4.99 Å². The van der Waals surface area contributed by atoms with Gasteiger partial charge in [-0.05, 0) is 0 Å². The molecule has 0 saturated heterocycles. The first-order chi connectivity index (χ1) is 3.30. The van der Waals surface area contributed by atoms with Gasteiger partial charge in [-0.15, -0.1) is 0 Å². The zero-order chi connectivity index (χ0) is 5.28. The van der Waals surface area contributed by atoms with Crippen molar-refractivity contribution in [3.05, 3.63) is 0 Å². The number of halogens is 2. The molecule has 2 unspecified atom stereocenters. The average Bonchev–Trinajstić information content (AvgIpc) is 1.91. The second-order valence-corrected chi connectivity index (χ2v) is 3.14. The maximum Gasteiger partial charge on any atom is 0.136 e. The van der Waals surface area contributed by atoms with E-state index in [1.807, 2.05) is 0 Å². The number of nitrogens with one attached hydrogen (secondary N) is 1. The number of rotatable bonds is 0. The average molecular weight is 228 g/mol. The molecule has 1 N–H and O–H groups in total. The first-order valence-corrected chi connectivity index (χ1v) is 3.69. The fourth-order valence-corrected chi connectivity index (χ4v) is 0.866. The highest BCUT2D eigenvalue weighted by atomic mass is 79.9. The van der Waals surface area contributed by atoms with Crippen LogP contribution in [0.1, 0.15) is 0 Å². The summed E-state index contributed by atoms with van der Waals surface area (Å²) >= 11 is 6.62. The largest absolute Gasteiger partial charge is 0.361 e. The lowest BCUT2D eigenvalue weighted by molar-refractivity contribution is 0.875. The summed E-state index contributed by atoms with van der Waals surface area (Å²) in [6.45, 7) is 0. The lowest BCUT2D eigenvalue weighted by atomic mass is 10.7. The van der Waals surface area contributed by atoms with Gasteiger partial charge < -0.3 is 5.32 Å². The van der Waals surface area contributed by atoms with E-state index in [1.165, 1.54) is 0 Å². The lowest BCUT2D eigenvalue weighted by Gasteiger charge is -2.00. The van der Waals surface area contributed by atoms with Gasteiger partial charge in [0.1, 0.15) is 9.90 Å². The summed E-state index contributed by atoms with van der Waals surface area (Å²) in [5.74, 6) is 0. The van der Waals surface area contributed by atoms with E-state index in [0.29, 0.717) is 0 Å². The maximum absolute atomic E-state index is 3.95. The van der Waals surface area contributed by atoms with E-state index in [9.17, 15) is 0 Å². The van der Waals surface area contributed by atoms with Gasteiger partial charge in [-0.2, -0.15) is 0 Å². The smallest absolute Gasteiger partial charge is 0.136 e. The van der Waals surface area contributed by atoms with Crippen molar-refractivity contribution < 1.29 is 0 Å². The molecule has 0 aromatic rings. The summed E-state index contributed by atoms with van der Waals surface area (Å²) in [6.07, 6.45) is 1.68. The first-order valence-electron chi connectivity index (χ1n) is 1.86. The zero-order valence-corrected chi connectivity index (χ0v) is 6.61. The van der Waals surface area contributed by atoms with E-state index in [2.05, 4.69) is 42.2 Å². The van der Waals surface area contributed by atoms with Gasteiger partial charge in [0.2, 0.25) is 0 Å². The second kappa shape index (κ2) is 2.13. The van der Waals surface area contributed by atoms with Crippen molar-refractivity contribution in [3.63, 3.8) is 0 Å². The van der Waals surface area contributed by atoms with Crippen LogP contribution in [0.3, 0.4) is 0 Å². The van der Waals surface area contributed by atoms with E-state index < -0.39 is 0 Å². The molecule has 0 fully saturated rings. The second-order valence-electron chi connectivity index (χ2n) is 1.22. The highest BCUT2D eigenvalue weighted by molar-refractivity contribution is 9.12. The minimum absolute atomic E-state index is 0.201. The number of alkyl halides is 2. The summed E-state index contributed by atoms with van der Waals surface area (Å²) in [5, 5.41) is 2.95. The Morgan fingerprint density at radius 1 is 1.57 bits per heavy atom. The summed E-state index contributed by atoms with van der Waals surface area (Å²) in [6, 6.07) is 0. The van der Waals surface area contributed by atoms with E-state index in [4.69, 9.17) is 0 Å². The Balaban J connectivity index is 2.45. The van der Waals surface area contributed by atoms with Crippen molar-refractivity contribution in [1.29, 1.82) is 0 Å². The Hall–Kier alpha value is 0.430. The Kier molecular flexibility index (Phi) is 1.69. The molecule has 1 aliphatic rings. The van der Waals surface area contributed by atoms with E-state index in [1.54, 1.807) is 6.34 Å². The monoisotopic (exact) mass is 226 g/mol.